The van der Waals surface area contributed by atoms with E-state index in [4.69, 9.17) is 21.6 Å². The summed E-state index contributed by atoms with van der Waals surface area (Å²) in [4.78, 5) is 26.8. The van der Waals surface area contributed by atoms with Crippen molar-refractivity contribution in [3.8, 4) is 11.8 Å². The molecule has 4 aromatic rings. The van der Waals surface area contributed by atoms with Gasteiger partial charge in [0, 0.05) is 28.5 Å². The second-order valence-corrected chi connectivity index (χ2v) is 10.9. The van der Waals surface area contributed by atoms with Gasteiger partial charge in [0.2, 0.25) is 11.5 Å². The fraction of sp³-hybridized carbons (Fsp3) is 0.172. The molecule has 4 rings (SSSR count). The van der Waals surface area contributed by atoms with Gasteiger partial charge in [-0.1, -0.05) is 23.7 Å². The minimum absolute atomic E-state index is 0. The molecule has 9 heteroatoms. The van der Waals surface area contributed by atoms with Crippen LogP contribution in [-0.4, -0.2) is 18.4 Å². The number of halogens is 2. The van der Waals surface area contributed by atoms with Crippen molar-refractivity contribution in [1.29, 1.82) is 5.26 Å². The van der Waals surface area contributed by atoms with E-state index in [0.29, 0.717) is 32.3 Å². The van der Waals surface area contributed by atoms with Crippen LogP contribution in [0.15, 0.2) is 77.3 Å². The van der Waals surface area contributed by atoms with Gasteiger partial charge in [-0.25, -0.2) is 0 Å². The lowest BCUT2D eigenvalue weighted by atomic mass is 10.0. The molecule has 0 aliphatic rings. The Morgan fingerprint density at radius 3 is 2.32 bits per heavy atom. The Kier molecular flexibility index (Phi) is 10.7. The van der Waals surface area contributed by atoms with Gasteiger partial charge in [-0.2, -0.15) is 9.83 Å². The standard InChI is InChI=1S/C29H24ClN2O3S2.BrH/c1-3-35-25(33)16-24-26(32-14-12-19(2)13-15-32)29(36-18-21-6-4-20(17-31)5-7-21)37-28(24)27(34)22-8-10-23(30)11-9-22;/h4-15H,3,16,18H2,1-2H3;1H/q+1;/p-1. The second kappa shape index (κ2) is 13.7. The number of hydrogen-bond acceptors (Lipinski definition) is 6. The molecule has 0 spiro atoms. The molecule has 0 saturated carbocycles. The molecule has 0 N–H and O–H groups in total. The predicted molar refractivity (Wildman–Crippen MR) is 147 cm³/mol. The van der Waals surface area contributed by atoms with Crippen molar-refractivity contribution >= 4 is 46.5 Å². The number of ether oxygens (including phenoxy) is 1. The van der Waals surface area contributed by atoms with E-state index in [1.807, 2.05) is 48.1 Å². The van der Waals surface area contributed by atoms with E-state index in [1.54, 1.807) is 55.1 Å². The molecule has 0 aliphatic heterocycles. The quantitative estimate of drug-likeness (QED) is 0.123. The van der Waals surface area contributed by atoms with Gasteiger partial charge in [-0.15, -0.1) is 23.1 Å². The normalized spacial score (nSPS) is 10.4. The third kappa shape index (κ3) is 7.12. The summed E-state index contributed by atoms with van der Waals surface area (Å²) in [7, 11) is 0. The number of esters is 1. The first-order valence-corrected chi connectivity index (χ1v) is 13.8. The van der Waals surface area contributed by atoms with Gasteiger partial charge in [0.1, 0.15) is 4.21 Å². The lowest BCUT2D eigenvalue weighted by molar-refractivity contribution is -0.598. The van der Waals surface area contributed by atoms with Gasteiger partial charge in [0.05, 0.1) is 35.1 Å². The molecule has 0 atom stereocenters. The lowest BCUT2D eigenvalue weighted by Gasteiger charge is -2.06. The highest BCUT2D eigenvalue weighted by atomic mass is 79.9. The Balaban J connectivity index is 0.00000400. The molecule has 2 aromatic carbocycles. The zero-order valence-electron chi connectivity index (χ0n) is 20.7. The van der Waals surface area contributed by atoms with E-state index in [-0.39, 0.29) is 41.8 Å². The number of rotatable bonds is 9. The number of carbonyl (C=O) groups excluding carboxylic acids is 2. The minimum atomic E-state index is -0.386. The maximum Gasteiger partial charge on any atom is 0.310 e. The number of carbonyl (C=O) groups is 2. The van der Waals surface area contributed by atoms with Gasteiger partial charge in [-0.05, 0) is 61.4 Å². The topological polar surface area (TPSA) is 71.0 Å². The SMILES string of the molecule is CCOC(=O)Cc1c(C(=O)c2ccc(Cl)cc2)sc(SCc2ccc(C#N)cc2)c1-[n+]1ccc(C)cc1.[Br-]. The summed E-state index contributed by atoms with van der Waals surface area (Å²) in [6.45, 7) is 4.03. The van der Waals surface area contributed by atoms with Crippen molar-refractivity contribution in [3.05, 3.63) is 111 Å². The fourth-order valence-electron chi connectivity index (χ4n) is 3.70. The molecule has 0 amide bonds. The highest BCUT2D eigenvalue weighted by Crippen LogP contribution is 2.40. The zero-order valence-corrected chi connectivity index (χ0v) is 24.7. The van der Waals surface area contributed by atoms with E-state index in [0.717, 1.165) is 21.0 Å². The van der Waals surface area contributed by atoms with E-state index in [1.165, 1.54) is 11.3 Å². The third-order valence-corrected chi connectivity index (χ3v) is 8.40. The van der Waals surface area contributed by atoms with Gasteiger partial charge in [-0.3, -0.25) is 9.59 Å². The van der Waals surface area contributed by atoms with E-state index < -0.39 is 0 Å². The van der Waals surface area contributed by atoms with Gasteiger partial charge < -0.3 is 21.7 Å². The Morgan fingerprint density at radius 2 is 1.71 bits per heavy atom. The number of thioether (sulfide) groups is 1. The number of nitrogens with zero attached hydrogens (tertiary/aromatic N) is 2. The number of ketones is 1. The van der Waals surface area contributed by atoms with Crippen LogP contribution in [0.3, 0.4) is 0 Å². The number of hydrogen-bond donors (Lipinski definition) is 0. The first-order chi connectivity index (χ1) is 17.9. The third-order valence-electron chi connectivity index (χ3n) is 5.59. The Labute approximate surface area is 245 Å². The van der Waals surface area contributed by atoms with Crippen LogP contribution < -0.4 is 21.5 Å². The molecule has 2 aromatic heterocycles. The van der Waals surface area contributed by atoms with Crippen molar-refractivity contribution in [2.45, 2.75) is 30.2 Å². The number of benzene rings is 2. The van der Waals surface area contributed by atoms with Crippen LogP contribution in [0.4, 0.5) is 0 Å². The van der Waals surface area contributed by atoms with Crippen molar-refractivity contribution in [2.24, 2.45) is 0 Å². The van der Waals surface area contributed by atoms with Crippen molar-refractivity contribution in [2.75, 3.05) is 6.61 Å². The van der Waals surface area contributed by atoms with E-state index in [9.17, 15) is 9.59 Å². The van der Waals surface area contributed by atoms with Crippen LogP contribution in [0.25, 0.3) is 5.69 Å². The van der Waals surface area contributed by atoms with E-state index in [2.05, 4.69) is 6.07 Å². The maximum absolute atomic E-state index is 13.7. The molecule has 0 bridgehead atoms. The van der Waals surface area contributed by atoms with Crippen molar-refractivity contribution in [1.82, 2.24) is 0 Å². The first kappa shape index (κ1) is 29.6. The zero-order chi connectivity index (χ0) is 26.4. The van der Waals surface area contributed by atoms with Crippen LogP contribution in [0.5, 0.6) is 0 Å². The monoisotopic (exact) mass is 626 g/mol. The Hall–Kier alpha value is -2.96. The number of nitriles is 1. The number of aromatic nitrogens is 1. The largest absolute Gasteiger partial charge is 1.00 e. The number of thiophene rings is 1. The number of pyridine rings is 1. The predicted octanol–water partition coefficient (Wildman–Crippen LogP) is 3.49. The molecule has 2 heterocycles. The molecule has 0 unspecified atom stereocenters. The molecule has 0 aliphatic carbocycles. The first-order valence-electron chi connectivity index (χ1n) is 11.6. The molecule has 0 saturated heterocycles. The van der Waals surface area contributed by atoms with Crippen LogP contribution in [0, 0.1) is 18.3 Å². The summed E-state index contributed by atoms with van der Waals surface area (Å²) in [5.74, 6) is 0.0854. The highest BCUT2D eigenvalue weighted by Gasteiger charge is 2.31. The average molecular weight is 628 g/mol. The van der Waals surface area contributed by atoms with E-state index >= 15 is 0 Å². The Morgan fingerprint density at radius 1 is 1.05 bits per heavy atom. The minimum Gasteiger partial charge on any atom is -1.00 e. The molecule has 0 radical (unpaired) electrons. The summed E-state index contributed by atoms with van der Waals surface area (Å²) < 4.78 is 8.13. The maximum atomic E-state index is 13.7. The molecule has 194 valence electrons. The molecular formula is C29H24BrClN2O3S2. The van der Waals surface area contributed by atoms with Gasteiger partial charge >= 0.3 is 5.97 Å². The molecule has 5 nitrogen and oxygen atoms in total. The summed E-state index contributed by atoms with van der Waals surface area (Å²) in [5.41, 5.74) is 4.69. The second-order valence-electron chi connectivity index (χ2n) is 8.24. The van der Waals surface area contributed by atoms with Crippen LogP contribution >= 0.6 is 34.7 Å². The number of aryl methyl sites for hydroxylation is 1. The average Bonchev–Trinajstić information content (AvgIpc) is 3.26. The van der Waals surface area contributed by atoms with Crippen molar-refractivity contribution in [3.63, 3.8) is 0 Å². The summed E-state index contributed by atoms with van der Waals surface area (Å²) in [6, 6.07) is 20.3. The lowest BCUT2D eigenvalue weighted by Crippen LogP contribution is -3.00. The van der Waals surface area contributed by atoms with Crippen molar-refractivity contribution < 1.29 is 35.9 Å². The summed E-state index contributed by atoms with van der Waals surface area (Å²) >= 11 is 9.01. The molecule has 0 fully saturated rings. The van der Waals surface area contributed by atoms with Crippen LogP contribution in [0.2, 0.25) is 5.02 Å². The van der Waals surface area contributed by atoms with Crippen LogP contribution in [0.1, 0.15) is 44.4 Å². The summed E-state index contributed by atoms with van der Waals surface area (Å²) in [6.07, 6.45) is 3.86. The van der Waals surface area contributed by atoms with Crippen LogP contribution in [-0.2, 0) is 21.7 Å². The highest BCUT2D eigenvalue weighted by molar-refractivity contribution is 8.00. The smallest absolute Gasteiger partial charge is 0.310 e. The Bertz CT molecular complexity index is 1460. The van der Waals surface area contributed by atoms with Gasteiger partial charge in [0.15, 0.2) is 12.4 Å². The molecule has 38 heavy (non-hydrogen) atoms. The fourth-order valence-corrected chi connectivity index (χ4v) is 6.36. The summed E-state index contributed by atoms with van der Waals surface area (Å²) in [5, 5.41) is 9.63. The van der Waals surface area contributed by atoms with Gasteiger partial charge in [0.25, 0.3) is 0 Å². The molecular weight excluding hydrogens is 604 g/mol.